The molecule has 3 unspecified atom stereocenters. The van der Waals surface area contributed by atoms with E-state index in [0.717, 1.165) is 13.5 Å². The zero-order valence-corrected chi connectivity index (χ0v) is 12.0. The molecule has 0 aromatic heterocycles. The molecule has 124 valence electrons. The molecule has 2 aliphatic rings. The Kier molecular flexibility index (Phi) is 4.62. The first-order valence-electron chi connectivity index (χ1n) is 7.02. The number of fused-ring (bicyclic) bond motifs is 1. The van der Waals surface area contributed by atoms with Crippen LogP contribution in [0.1, 0.15) is 32.1 Å². The Hall–Kier alpha value is -1.80. The molecule has 1 heterocycles. The van der Waals surface area contributed by atoms with Gasteiger partial charge in [0.15, 0.2) is 0 Å². The molecule has 9 heteroatoms. The number of alkyl halides is 3. The van der Waals surface area contributed by atoms with Gasteiger partial charge in [0.1, 0.15) is 6.04 Å². The van der Waals surface area contributed by atoms with Crippen molar-refractivity contribution in [3.05, 3.63) is 0 Å². The van der Waals surface area contributed by atoms with Crippen LogP contribution in [-0.2, 0) is 19.1 Å². The van der Waals surface area contributed by atoms with E-state index in [1.54, 1.807) is 0 Å². The van der Waals surface area contributed by atoms with E-state index in [1.807, 2.05) is 0 Å². The molecule has 2 rings (SSSR count). The number of rotatable bonds is 2. The largest absolute Gasteiger partial charge is 0.471 e. The second-order valence-electron chi connectivity index (χ2n) is 5.47. The van der Waals surface area contributed by atoms with E-state index in [4.69, 9.17) is 0 Å². The second kappa shape index (κ2) is 6.13. The molecule has 0 aromatic carbocycles. The Morgan fingerprint density at radius 3 is 2.55 bits per heavy atom. The van der Waals surface area contributed by atoms with Crippen LogP contribution in [-0.4, -0.2) is 54.1 Å². The molecule has 3 atom stereocenters. The van der Waals surface area contributed by atoms with Gasteiger partial charge in [-0.25, -0.2) is 0 Å². The SMILES string of the molecule is COC(=O)CC1C(=O)NC2CCCCC2N1C(=O)C(F)(F)F. The summed E-state index contributed by atoms with van der Waals surface area (Å²) in [6, 6.07) is -2.72. The van der Waals surface area contributed by atoms with Gasteiger partial charge in [-0.3, -0.25) is 14.4 Å². The highest BCUT2D eigenvalue weighted by Gasteiger charge is 2.53. The molecule has 1 saturated carbocycles. The van der Waals surface area contributed by atoms with Gasteiger partial charge in [-0.1, -0.05) is 12.8 Å². The van der Waals surface area contributed by atoms with Crippen LogP contribution in [0.4, 0.5) is 13.2 Å². The van der Waals surface area contributed by atoms with Crippen molar-refractivity contribution >= 4 is 17.8 Å². The lowest BCUT2D eigenvalue weighted by atomic mass is 9.85. The second-order valence-corrected chi connectivity index (χ2v) is 5.47. The van der Waals surface area contributed by atoms with E-state index in [1.165, 1.54) is 0 Å². The number of ether oxygens (including phenoxy) is 1. The molecule has 2 amide bonds. The fraction of sp³-hybridized carbons (Fsp3) is 0.769. The molecular formula is C13H17F3N2O4. The number of halogens is 3. The van der Waals surface area contributed by atoms with E-state index in [-0.39, 0.29) is 0 Å². The number of amides is 2. The number of carbonyl (C=O) groups excluding carboxylic acids is 3. The first-order chi connectivity index (χ1) is 10.3. The summed E-state index contributed by atoms with van der Waals surface area (Å²) in [5, 5.41) is 2.63. The smallest absolute Gasteiger partial charge is 0.469 e. The van der Waals surface area contributed by atoms with Gasteiger partial charge in [0.05, 0.1) is 19.6 Å². The van der Waals surface area contributed by atoms with Gasteiger partial charge in [-0.05, 0) is 12.8 Å². The van der Waals surface area contributed by atoms with Crippen molar-refractivity contribution in [2.75, 3.05) is 7.11 Å². The highest BCUT2D eigenvalue weighted by Crippen LogP contribution is 2.33. The van der Waals surface area contributed by atoms with Gasteiger partial charge in [0, 0.05) is 6.04 Å². The third kappa shape index (κ3) is 3.17. The standard InChI is InChI=1S/C13H17F3N2O4/c1-22-10(19)6-9-11(20)17-7-4-2-3-5-8(7)18(9)12(21)13(14,15)16/h7-9H,2-6H2,1H3,(H,17,20). The molecule has 0 spiro atoms. The van der Waals surface area contributed by atoms with Crippen LogP contribution in [0.15, 0.2) is 0 Å². The quantitative estimate of drug-likeness (QED) is 0.761. The summed E-state index contributed by atoms with van der Waals surface area (Å²) in [5.41, 5.74) is 0. The summed E-state index contributed by atoms with van der Waals surface area (Å²) in [4.78, 5) is 35.8. The van der Waals surface area contributed by atoms with Gasteiger partial charge >= 0.3 is 18.1 Å². The first kappa shape index (κ1) is 16.6. The molecular weight excluding hydrogens is 305 g/mol. The lowest BCUT2D eigenvalue weighted by molar-refractivity contribution is -0.195. The number of nitrogens with zero attached hydrogens (tertiary/aromatic N) is 1. The Morgan fingerprint density at radius 2 is 1.95 bits per heavy atom. The fourth-order valence-electron chi connectivity index (χ4n) is 3.12. The van der Waals surface area contributed by atoms with Crippen LogP contribution >= 0.6 is 0 Å². The monoisotopic (exact) mass is 322 g/mol. The van der Waals surface area contributed by atoms with E-state index < -0.39 is 48.5 Å². The highest BCUT2D eigenvalue weighted by atomic mass is 19.4. The molecule has 0 aromatic rings. The zero-order valence-electron chi connectivity index (χ0n) is 12.0. The molecule has 1 aliphatic heterocycles. The van der Waals surface area contributed by atoms with Crippen molar-refractivity contribution in [3.8, 4) is 0 Å². The molecule has 2 fully saturated rings. The maximum absolute atomic E-state index is 12.9. The Bertz CT molecular complexity index is 480. The summed E-state index contributed by atoms with van der Waals surface area (Å²) in [6.07, 6.45) is -3.35. The summed E-state index contributed by atoms with van der Waals surface area (Å²) in [7, 11) is 1.07. The average molecular weight is 322 g/mol. The van der Waals surface area contributed by atoms with Crippen LogP contribution in [0.2, 0.25) is 0 Å². The van der Waals surface area contributed by atoms with E-state index in [2.05, 4.69) is 10.1 Å². The van der Waals surface area contributed by atoms with Crippen molar-refractivity contribution in [3.63, 3.8) is 0 Å². The van der Waals surface area contributed by atoms with Crippen LogP contribution < -0.4 is 5.32 Å². The first-order valence-corrected chi connectivity index (χ1v) is 7.02. The summed E-state index contributed by atoms with van der Waals surface area (Å²) in [5.74, 6) is -3.66. The normalized spacial score (nSPS) is 28.6. The van der Waals surface area contributed by atoms with Crippen molar-refractivity contribution in [2.24, 2.45) is 0 Å². The lowest BCUT2D eigenvalue weighted by Crippen LogP contribution is -2.69. The van der Waals surface area contributed by atoms with Crippen LogP contribution in [0.5, 0.6) is 0 Å². The molecule has 22 heavy (non-hydrogen) atoms. The van der Waals surface area contributed by atoms with Gasteiger partial charge in [-0.2, -0.15) is 13.2 Å². The van der Waals surface area contributed by atoms with E-state index in [9.17, 15) is 27.6 Å². The predicted molar refractivity (Wildman–Crippen MR) is 67.5 cm³/mol. The van der Waals surface area contributed by atoms with E-state index >= 15 is 0 Å². The molecule has 0 bridgehead atoms. The summed E-state index contributed by atoms with van der Waals surface area (Å²) in [6.45, 7) is 0. The maximum atomic E-state index is 12.9. The lowest BCUT2D eigenvalue weighted by Gasteiger charge is -2.47. The van der Waals surface area contributed by atoms with Gasteiger partial charge in [-0.15, -0.1) is 0 Å². The number of nitrogens with one attached hydrogen (secondary N) is 1. The molecule has 6 nitrogen and oxygen atoms in total. The zero-order chi connectivity index (χ0) is 16.5. The third-order valence-electron chi connectivity index (χ3n) is 4.12. The van der Waals surface area contributed by atoms with Crippen LogP contribution in [0.3, 0.4) is 0 Å². The average Bonchev–Trinajstić information content (AvgIpc) is 2.46. The van der Waals surface area contributed by atoms with Gasteiger partial charge < -0.3 is 15.0 Å². The third-order valence-corrected chi connectivity index (χ3v) is 4.12. The van der Waals surface area contributed by atoms with Crippen molar-refractivity contribution in [2.45, 2.75) is 56.4 Å². The Balaban J connectivity index is 2.33. The summed E-state index contributed by atoms with van der Waals surface area (Å²) >= 11 is 0. The summed E-state index contributed by atoms with van der Waals surface area (Å²) < 4.78 is 43.0. The number of piperazine rings is 1. The number of hydrogen-bond acceptors (Lipinski definition) is 4. The van der Waals surface area contributed by atoms with Crippen molar-refractivity contribution in [1.29, 1.82) is 0 Å². The number of methoxy groups -OCH3 is 1. The van der Waals surface area contributed by atoms with Gasteiger partial charge in [0.2, 0.25) is 5.91 Å². The fourth-order valence-corrected chi connectivity index (χ4v) is 3.12. The number of esters is 1. The number of carbonyl (C=O) groups is 3. The number of hydrogen-bond donors (Lipinski definition) is 1. The minimum absolute atomic E-state index is 0.366. The predicted octanol–water partition coefficient (Wildman–Crippen LogP) is 0.750. The van der Waals surface area contributed by atoms with Gasteiger partial charge in [0.25, 0.3) is 0 Å². The Morgan fingerprint density at radius 1 is 1.32 bits per heavy atom. The topological polar surface area (TPSA) is 75.7 Å². The van der Waals surface area contributed by atoms with Crippen molar-refractivity contribution < 1.29 is 32.3 Å². The van der Waals surface area contributed by atoms with Crippen LogP contribution in [0.25, 0.3) is 0 Å². The van der Waals surface area contributed by atoms with Crippen molar-refractivity contribution in [1.82, 2.24) is 10.2 Å². The molecule has 1 N–H and O–H groups in total. The maximum Gasteiger partial charge on any atom is 0.471 e. The van der Waals surface area contributed by atoms with Crippen LogP contribution in [0, 0.1) is 0 Å². The molecule has 0 radical (unpaired) electrons. The van der Waals surface area contributed by atoms with E-state index in [0.29, 0.717) is 24.2 Å². The molecule has 1 aliphatic carbocycles. The minimum Gasteiger partial charge on any atom is -0.469 e. The minimum atomic E-state index is -5.09. The molecule has 1 saturated heterocycles. The highest BCUT2D eigenvalue weighted by molar-refractivity contribution is 5.94. The Labute approximate surface area is 125 Å².